The predicted molar refractivity (Wildman–Crippen MR) is 54.1 cm³/mol. The molecular weight excluding hydrogens is 160 g/mol. The lowest BCUT2D eigenvalue weighted by Crippen LogP contribution is -2.19. The average molecular weight is 174 g/mol. The monoisotopic (exact) mass is 174 g/mol. The van der Waals surface area contributed by atoms with Gasteiger partial charge in [0, 0.05) is 11.8 Å². The Labute approximate surface area is 79.5 Å². The van der Waals surface area contributed by atoms with Crippen molar-refractivity contribution in [2.24, 2.45) is 5.41 Å². The van der Waals surface area contributed by atoms with Crippen LogP contribution in [0.15, 0.2) is 23.3 Å². The molecule has 1 nitrogen and oxygen atoms in total. The molecule has 0 aromatic carbocycles. The van der Waals surface area contributed by atoms with Gasteiger partial charge in [0.15, 0.2) is 5.78 Å². The van der Waals surface area contributed by atoms with E-state index >= 15 is 0 Å². The zero-order valence-electron chi connectivity index (χ0n) is 8.35. The van der Waals surface area contributed by atoms with Crippen molar-refractivity contribution in [2.75, 3.05) is 0 Å². The van der Waals surface area contributed by atoms with Gasteiger partial charge in [0.25, 0.3) is 0 Å². The highest BCUT2D eigenvalue weighted by atomic mass is 16.1. The summed E-state index contributed by atoms with van der Waals surface area (Å²) in [5.74, 6) is 2.77. The molecule has 0 unspecified atom stereocenters. The summed E-state index contributed by atoms with van der Waals surface area (Å²) >= 11 is 0. The molecular formula is C12H14O. The fraction of sp³-hybridized carbons (Fsp3) is 0.417. The Morgan fingerprint density at radius 2 is 1.85 bits per heavy atom. The number of hydrogen-bond donors (Lipinski definition) is 0. The van der Waals surface area contributed by atoms with Gasteiger partial charge in [0.1, 0.15) is 0 Å². The van der Waals surface area contributed by atoms with E-state index in [2.05, 4.69) is 5.92 Å². The first kappa shape index (κ1) is 9.80. The Balaban J connectivity index is 3.06. The number of allylic oxidation sites excluding steroid dienone is 4. The second kappa shape index (κ2) is 3.22. The van der Waals surface area contributed by atoms with E-state index in [1.807, 2.05) is 32.9 Å². The van der Waals surface area contributed by atoms with Crippen molar-refractivity contribution >= 4 is 5.78 Å². The maximum Gasteiger partial charge on any atom is 0.183 e. The minimum atomic E-state index is -0.128. The molecule has 0 amide bonds. The van der Waals surface area contributed by atoms with Crippen LogP contribution in [0.3, 0.4) is 0 Å². The number of ketones is 1. The maximum absolute atomic E-state index is 11.4. The number of rotatable bonds is 1. The van der Waals surface area contributed by atoms with Crippen LogP contribution in [0.25, 0.3) is 0 Å². The first-order valence-electron chi connectivity index (χ1n) is 4.35. The lowest BCUT2D eigenvalue weighted by Gasteiger charge is -2.25. The fourth-order valence-corrected chi connectivity index (χ4v) is 1.79. The average Bonchev–Trinajstić information content (AvgIpc) is 2.00. The molecule has 0 bridgehead atoms. The number of terminal acetylenes is 1. The molecule has 0 fully saturated rings. The summed E-state index contributed by atoms with van der Waals surface area (Å²) in [4.78, 5) is 11.4. The molecule has 1 rings (SSSR count). The third-order valence-electron chi connectivity index (χ3n) is 2.29. The molecule has 1 aliphatic rings. The third kappa shape index (κ3) is 1.89. The van der Waals surface area contributed by atoms with E-state index in [4.69, 9.17) is 6.42 Å². The zero-order chi connectivity index (χ0) is 10.1. The van der Waals surface area contributed by atoms with Crippen molar-refractivity contribution < 1.29 is 4.79 Å². The van der Waals surface area contributed by atoms with E-state index in [0.717, 1.165) is 11.1 Å². The Morgan fingerprint density at radius 1 is 1.38 bits per heavy atom. The van der Waals surface area contributed by atoms with Crippen molar-refractivity contribution in [3.05, 3.63) is 23.3 Å². The lowest BCUT2D eigenvalue weighted by atomic mass is 9.78. The molecule has 13 heavy (non-hydrogen) atoms. The molecule has 0 aromatic rings. The zero-order valence-corrected chi connectivity index (χ0v) is 8.35. The van der Waals surface area contributed by atoms with Gasteiger partial charge in [-0.15, -0.1) is 12.3 Å². The van der Waals surface area contributed by atoms with Crippen molar-refractivity contribution in [1.29, 1.82) is 0 Å². The van der Waals surface area contributed by atoms with Gasteiger partial charge in [-0.3, -0.25) is 4.79 Å². The largest absolute Gasteiger partial charge is 0.289 e. The molecule has 0 aromatic heterocycles. The summed E-state index contributed by atoms with van der Waals surface area (Å²) in [7, 11) is 0. The summed E-state index contributed by atoms with van der Waals surface area (Å²) in [5.41, 5.74) is 1.48. The van der Waals surface area contributed by atoms with Crippen LogP contribution in [0.1, 0.15) is 27.2 Å². The van der Waals surface area contributed by atoms with E-state index in [0.29, 0.717) is 6.42 Å². The van der Waals surface area contributed by atoms with Gasteiger partial charge in [0.05, 0.1) is 0 Å². The van der Waals surface area contributed by atoms with Gasteiger partial charge < -0.3 is 0 Å². The number of hydrogen-bond acceptors (Lipinski definition) is 1. The minimum absolute atomic E-state index is 0.128. The maximum atomic E-state index is 11.4. The van der Waals surface area contributed by atoms with Gasteiger partial charge in [-0.1, -0.05) is 19.1 Å². The van der Waals surface area contributed by atoms with E-state index in [-0.39, 0.29) is 11.2 Å². The second-order valence-corrected chi connectivity index (χ2v) is 3.87. The number of Topliss-reactive ketones (excluding diaryl/α,β-unsaturated/α-hetero) is 1. The van der Waals surface area contributed by atoms with Crippen molar-refractivity contribution in [3.8, 4) is 12.3 Å². The summed E-state index contributed by atoms with van der Waals surface area (Å²) in [6.45, 7) is 5.73. The van der Waals surface area contributed by atoms with Gasteiger partial charge in [-0.05, 0) is 25.0 Å². The minimum Gasteiger partial charge on any atom is -0.289 e. The molecule has 0 heterocycles. The molecule has 0 saturated carbocycles. The van der Waals surface area contributed by atoms with Crippen LogP contribution in [-0.4, -0.2) is 5.78 Å². The topological polar surface area (TPSA) is 17.1 Å². The molecule has 0 radical (unpaired) electrons. The van der Waals surface area contributed by atoms with Gasteiger partial charge in [-0.2, -0.15) is 0 Å². The van der Waals surface area contributed by atoms with Gasteiger partial charge in [-0.25, -0.2) is 0 Å². The molecule has 0 N–H and O–H groups in total. The summed E-state index contributed by atoms with van der Waals surface area (Å²) in [6.07, 6.45) is 9.85. The first-order chi connectivity index (χ1) is 5.98. The lowest BCUT2D eigenvalue weighted by molar-refractivity contribution is -0.112. The normalized spacial score (nSPS) is 20.3. The summed E-state index contributed by atoms with van der Waals surface area (Å²) in [6, 6.07) is 0. The standard InChI is InChI=1S/C12H14O/c1-5-6-12(4)7-9(2)11(13)10(3)8-12/h1,7-8H,6H2,2-4H3. The van der Waals surface area contributed by atoms with E-state index in [1.165, 1.54) is 0 Å². The van der Waals surface area contributed by atoms with Crippen LogP contribution in [0.2, 0.25) is 0 Å². The van der Waals surface area contributed by atoms with Crippen LogP contribution in [0.4, 0.5) is 0 Å². The van der Waals surface area contributed by atoms with Crippen LogP contribution in [0.5, 0.6) is 0 Å². The molecule has 0 atom stereocenters. The fourth-order valence-electron chi connectivity index (χ4n) is 1.79. The highest BCUT2D eigenvalue weighted by Crippen LogP contribution is 2.32. The van der Waals surface area contributed by atoms with E-state index < -0.39 is 0 Å². The quantitative estimate of drug-likeness (QED) is 0.558. The van der Waals surface area contributed by atoms with Gasteiger partial charge in [0.2, 0.25) is 0 Å². The molecule has 0 spiro atoms. The summed E-state index contributed by atoms with van der Waals surface area (Å²) in [5, 5.41) is 0. The van der Waals surface area contributed by atoms with Crippen LogP contribution in [-0.2, 0) is 4.79 Å². The van der Waals surface area contributed by atoms with Crippen molar-refractivity contribution in [1.82, 2.24) is 0 Å². The Kier molecular flexibility index (Phi) is 2.43. The van der Waals surface area contributed by atoms with E-state index in [9.17, 15) is 4.79 Å². The third-order valence-corrected chi connectivity index (χ3v) is 2.29. The summed E-state index contributed by atoms with van der Waals surface area (Å²) < 4.78 is 0. The Bertz CT molecular complexity index is 315. The van der Waals surface area contributed by atoms with Crippen LogP contribution >= 0.6 is 0 Å². The Hall–Kier alpha value is -1.29. The van der Waals surface area contributed by atoms with E-state index in [1.54, 1.807) is 0 Å². The molecule has 1 aliphatic carbocycles. The first-order valence-corrected chi connectivity index (χ1v) is 4.35. The molecule has 68 valence electrons. The SMILES string of the molecule is C#CCC1(C)C=C(C)C(=O)C(C)=C1. The highest BCUT2D eigenvalue weighted by molar-refractivity contribution is 6.08. The number of carbonyl (C=O) groups excluding carboxylic acids is 1. The number of carbonyl (C=O) groups is 1. The second-order valence-electron chi connectivity index (χ2n) is 3.87. The highest BCUT2D eigenvalue weighted by Gasteiger charge is 2.25. The molecule has 0 saturated heterocycles. The van der Waals surface area contributed by atoms with Crippen LogP contribution in [0, 0.1) is 17.8 Å². The molecule has 0 aliphatic heterocycles. The predicted octanol–water partition coefficient (Wildman–Crippen LogP) is 2.49. The van der Waals surface area contributed by atoms with Crippen molar-refractivity contribution in [3.63, 3.8) is 0 Å². The molecule has 1 heteroatoms. The van der Waals surface area contributed by atoms with Crippen LogP contribution < -0.4 is 0 Å². The smallest absolute Gasteiger partial charge is 0.183 e. The van der Waals surface area contributed by atoms with Crippen molar-refractivity contribution in [2.45, 2.75) is 27.2 Å². The Morgan fingerprint density at radius 3 is 2.23 bits per heavy atom. The van der Waals surface area contributed by atoms with Gasteiger partial charge >= 0.3 is 0 Å².